The minimum absolute atomic E-state index is 0.729. The number of benzene rings is 1. The van der Waals surface area contributed by atoms with E-state index in [1.807, 2.05) is 25.1 Å². The molecule has 2 heterocycles. The summed E-state index contributed by atoms with van der Waals surface area (Å²) >= 11 is 2.30. The number of pyridine rings is 1. The molecule has 0 saturated carbocycles. The molecule has 0 aliphatic rings. The van der Waals surface area contributed by atoms with Gasteiger partial charge in [0.15, 0.2) is 0 Å². The predicted molar refractivity (Wildman–Crippen MR) is 69.0 cm³/mol. The summed E-state index contributed by atoms with van der Waals surface area (Å²) in [6.45, 7) is 1.97. The first-order valence-electron chi connectivity index (χ1n) is 4.69. The molecule has 0 bridgehead atoms. The van der Waals surface area contributed by atoms with Gasteiger partial charge in [0.2, 0.25) is 5.71 Å². The Balaban J connectivity index is 2.53. The summed E-state index contributed by atoms with van der Waals surface area (Å²) in [5.74, 6) is 0. The molecule has 0 radical (unpaired) electrons. The highest BCUT2D eigenvalue weighted by Gasteiger charge is 2.07. The first-order chi connectivity index (χ1) is 7.24. The van der Waals surface area contributed by atoms with E-state index in [0.717, 1.165) is 27.8 Å². The number of fused-ring (bicyclic) bond motifs is 3. The summed E-state index contributed by atoms with van der Waals surface area (Å²) < 4.78 is 6.89. The topological polar surface area (TPSA) is 26.0 Å². The smallest absolute Gasteiger partial charge is 0.227 e. The second-order valence-corrected chi connectivity index (χ2v) is 4.79. The van der Waals surface area contributed by atoms with Crippen molar-refractivity contribution in [3.05, 3.63) is 39.6 Å². The molecule has 3 aromatic rings. The molecule has 0 saturated heterocycles. The van der Waals surface area contributed by atoms with Gasteiger partial charge in [-0.2, -0.15) is 0 Å². The molecule has 0 N–H and O–H groups in total. The number of aryl methyl sites for hydroxylation is 1. The molecule has 0 aliphatic heterocycles. The van der Waals surface area contributed by atoms with Gasteiger partial charge in [0.25, 0.3) is 0 Å². The molecular formula is C12H8INO. The molecule has 2 aromatic heterocycles. The zero-order valence-corrected chi connectivity index (χ0v) is 10.3. The van der Waals surface area contributed by atoms with Gasteiger partial charge in [-0.3, -0.25) is 0 Å². The molecule has 15 heavy (non-hydrogen) atoms. The van der Waals surface area contributed by atoms with Crippen molar-refractivity contribution in [2.24, 2.45) is 0 Å². The Morgan fingerprint density at radius 1 is 1.13 bits per heavy atom. The van der Waals surface area contributed by atoms with Crippen molar-refractivity contribution in [1.82, 2.24) is 4.98 Å². The lowest BCUT2D eigenvalue weighted by atomic mass is 10.2. The van der Waals surface area contributed by atoms with E-state index in [2.05, 4.69) is 39.7 Å². The molecule has 3 heteroatoms. The number of furan rings is 1. The summed E-state index contributed by atoms with van der Waals surface area (Å²) in [6, 6.07) is 10.2. The summed E-state index contributed by atoms with van der Waals surface area (Å²) in [6.07, 6.45) is 0. The average Bonchev–Trinajstić information content (AvgIpc) is 2.54. The Kier molecular flexibility index (Phi) is 1.95. The molecular weight excluding hydrogens is 301 g/mol. The minimum Gasteiger partial charge on any atom is -0.438 e. The molecule has 0 amide bonds. The third kappa shape index (κ3) is 1.42. The molecule has 0 spiro atoms. The standard InChI is InChI=1S/C12H8INO/c1-7-2-4-9-10-6-8(13)3-5-11(10)15-12(9)14-7/h2-6H,1H3. The summed E-state index contributed by atoms with van der Waals surface area (Å²) in [5, 5.41) is 2.23. The van der Waals surface area contributed by atoms with E-state index in [0.29, 0.717) is 0 Å². The van der Waals surface area contributed by atoms with Crippen LogP contribution < -0.4 is 0 Å². The van der Waals surface area contributed by atoms with Crippen molar-refractivity contribution >= 4 is 44.7 Å². The van der Waals surface area contributed by atoms with E-state index in [1.165, 1.54) is 3.57 Å². The largest absolute Gasteiger partial charge is 0.438 e. The molecule has 0 aliphatic carbocycles. The maximum absolute atomic E-state index is 5.67. The normalized spacial score (nSPS) is 11.3. The highest BCUT2D eigenvalue weighted by atomic mass is 127. The highest BCUT2D eigenvalue weighted by molar-refractivity contribution is 14.1. The lowest BCUT2D eigenvalue weighted by Crippen LogP contribution is -1.77. The second kappa shape index (κ2) is 3.20. The van der Waals surface area contributed by atoms with E-state index in [1.54, 1.807) is 0 Å². The van der Waals surface area contributed by atoms with Gasteiger partial charge in [0, 0.05) is 20.0 Å². The van der Waals surface area contributed by atoms with Gasteiger partial charge in [0.05, 0.1) is 0 Å². The van der Waals surface area contributed by atoms with E-state index in [9.17, 15) is 0 Å². The van der Waals surface area contributed by atoms with Crippen LogP contribution in [0.2, 0.25) is 0 Å². The first-order valence-corrected chi connectivity index (χ1v) is 5.77. The summed E-state index contributed by atoms with van der Waals surface area (Å²) in [4.78, 5) is 4.37. The van der Waals surface area contributed by atoms with Crippen LogP contribution >= 0.6 is 22.6 Å². The van der Waals surface area contributed by atoms with Crippen LogP contribution in [0.15, 0.2) is 34.7 Å². The summed E-state index contributed by atoms with van der Waals surface area (Å²) in [5.41, 5.74) is 2.62. The number of aromatic nitrogens is 1. The van der Waals surface area contributed by atoms with E-state index < -0.39 is 0 Å². The summed E-state index contributed by atoms with van der Waals surface area (Å²) in [7, 11) is 0. The zero-order valence-electron chi connectivity index (χ0n) is 8.12. The van der Waals surface area contributed by atoms with Crippen LogP contribution in [0, 0.1) is 10.5 Å². The highest BCUT2D eigenvalue weighted by Crippen LogP contribution is 2.28. The Morgan fingerprint density at radius 3 is 2.87 bits per heavy atom. The monoisotopic (exact) mass is 309 g/mol. The van der Waals surface area contributed by atoms with Gasteiger partial charge < -0.3 is 4.42 Å². The van der Waals surface area contributed by atoms with Crippen LogP contribution in [0.4, 0.5) is 0 Å². The molecule has 74 valence electrons. The second-order valence-electron chi connectivity index (χ2n) is 3.55. The fourth-order valence-corrected chi connectivity index (χ4v) is 2.21. The maximum Gasteiger partial charge on any atom is 0.227 e. The number of halogens is 1. The van der Waals surface area contributed by atoms with Gasteiger partial charge in [0.1, 0.15) is 5.58 Å². The Hall–Kier alpha value is -1.10. The minimum atomic E-state index is 0.729. The van der Waals surface area contributed by atoms with Crippen molar-refractivity contribution in [2.45, 2.75) is 6.92 Å². The molecule has 0 fully saturated rings. The van der Waals surface area contributed by atoms with Crippen LogP contribution in [0.3, 0.4) is 0 Å². The van der Waals surface area contributed by atoms with Crippen LogP contribution in [0.1, 0.15) is 5.69 Å². The van der Waals surface area contributed by atoms with Crippen molar-refractivity contribution in [1.29, 1.82) is 0 Å². The van der Waals surface area contributed by atoms with Gasteiger partial charge >= 0.3 is 0 Å². The quantitative estimate of drug-likeness (QED) is 0.589. The average molecular weight is 309 g/mol. The van der Waals surface area contributed by atoms with Gasteiger partial charge in [-0.05, 0) is 59.8 Å². The molecule has 2 nitrogen and oxygen atoms in total. The van der Waals surface area contributed by atoms with E-state index in [4.69, 9.17) is 4.42 Å². The third-order valence-corrected chi connectivity index (χ3v) is 3.11. The van der Waals surface area contributed by atoms with E-state index in [-0.39, 0.29) is 0 Å². The fourth-order valence-electron chi connectivity index (χ4n) is 1.72. The number of hydrogen-bond donors (Lipinski definition) is 0. The Bertz CT molecular complexity index is 657. The van der Waals surface area contributed by atoms with E-state index >= 15 is 0 Å². The SMILES string of the molecule is Cc1ccc2c(n1)oc1ccc(I)cc12. The predicted octanol–water partition coefficient (Wildman–Crippen LogP) is 3.89. The molecule has 0 atom stereocenters. The van der Waals surface area contributed by atoms with Crippen molar-refractivity contribution in [3.63, 3.8) is 0 Å². The fraction of sp³-hybridized carbons (Fsp3) is 0.0833. The third-order valence-electron chi connectivity index (χ3n) is 2.44. The zero-order chi connectivity index (χ0) is 10.4. The Morgan fingerprint density at radius 2 is 2.00 bits per heavy atom. The number of rotatable bonds is 0. The van der Waals surface area contributed by atoms with Crippen LogP contribution in [0.25, 0.3) is 22.1 Å². The van der Waals surface area contributed by atoms with Crippen molar-refractivity contribution < 1.29 is 4.42 Å². The maximum atomic E-state index is 5.67. The van der Waals surface area contributed by atoms with Crippen molar-refractivity contribution in [3.8, 4) is 0 Å². The molecule has 3 rings (SSSR count). The first kappa shape index (κ1) is 9.15. The van der Waals surface area contributed by atoms with Gasteiger partial charge in [-0.25, -0.2) is 4.98 Å². The van der Waals surface area contributed by atoms with Crippen LogP contribution in [-0.2, 0) is 0 Å². The van der Waals surface area contributed by atoms with Gasteiger partial charge in [-0.1, -0.05) is 0 Å². The molecule has 1 aromatic carbocycles. The molecule has 0 unspecified atom stereocenters. The lowest BCUT2D eigenvalue weighted by molar-refractivity contribution is 0.652. The lowest BCUT2D eigenvalue weighted by Gasteiger charge is -1.91. The number of nitrogens with zero attached hydrogens (tertiary/aromatic N) is 1. The Labute approximate surface area is 100 Å². The number of hydrogen-bond acceptors (Lipinski definition) is 2. The van der Waals surface area contributed by atoms with Crippen LogP contribution in [0.5, 0.6) is 0 Å². The van der Waals surface area contributed by atoms with Gasteiger partial charge in [-0.15, -0.1) is 0 Å². The van der Waals surface area contributed by atoms with Crippen LogP contribution in [-0.4, -0.2) is 4.98 Å². The van der Waals surface area contributed by atoms with Crippen molar-refractivity contribution in [2.75, 3.05) is 0 Å².